The summed E-state index contributed by atoms with van der Waals surface area (Å²) in [5, 5.41) is 20.7. The highest BCUT2D eigenvalue weighted by molar-refractivity contribution is 9.10. The molecule has 0 spiro atoms. The zero-order chi connectivity index (χ0) is 40.0. The normalized spacial score (nSPS) is 15.0. The van der Waals surface area contributed by atoms with Crippen molar-refractivity contribution in [3.05, 3.63) is 0 Å². The number of hydrogen-bond donors (Lipinski definition) is 4. The third-order valence-corrected chi connectivity index (χ3v) is 6.39. The van der Waals surface area contributed by atoms with Gasteiger partial charge in [-0.05, 0) is 69.4 Å². The number of alkyl halides is 2. The summed E-state index contributed by atoms with van der Waals surface area (Å²) in [4.78, 5) is 78.2. The van der Waals surface area contributed by atoms with Gasteiger partial charge in [0.25, 0.3) is 5.91 Å². The summed E-state index contributed by atoms with van der Waals surface area (Å²) in [5.41, 5.74) is 0. The zero-order valence-electron chi connectivity index (χ0n) is 31.3. The van der Waals surface area contributed by atoms with Crippen LogP contribution in [0.1, 0.15) is 62.3 Å². The van der Waals surface area contributed by atoms with Gasteiger partial charge in [0.1, 0.15) is 27.8 Å². The Morgan fingerprint density at radius 1 is 0.837 bits per heavy atom. The minimum absolute atomic E-state index is 0.132. The van der Waals surface area contributed by atoms with Crippen LogP contribution < -0.4 is 10.6 Å². The van der Waals surface area contributed by atoms with Crippen LogP contribution in [-0.2, 0) is 38.2 Å². The number of nitrogens with zero attached hydrogens (tertiary/aromatic N) is 3. The average Bonchev–Trinajstić information content (AvgIpc) is 3.22. The molecule has 5 amide bonds. The van der Waals surface area contributed by atoms with Crippen LogP contribution in [0.25, 0.3) is 0 Å². The van der Waals surface area contributed by atoms with Crippen LogP contribution in [0.15, 0.2) is 0 Å². The number of amides is 5. The van der Waals surface area contributed by atoms with Gasteiger partial charge >= 0.3 is 35.9 Å². The van der Waals surface area contributed by atoms with Crippen LogP contribution >= 0.6 is 31.9 Å². The van der Waals surface area contributed by atoms with E-state index in [0.717, 1.165) is 4.90 Å². The number of rotatable bonds is 9. The number of carboxylic acid groups (broad SMARTS) is 1. The van der Waals surface area contributed by atoms with E-state index >= 15 is 0 Å². The summed E-state index contributed by atoms with van der Waals surface area (Å²) in [6.07, 6.45) is 0. The van der Waals surface area contributed by atoms with Crippen molar-refractivity contribution in [3.8, 4) is 0 Å². The monoisotopic (exact) mass is 839 g/mol. The fourth-order valence-electron chi connectivity index (χ4n) is 2.36. The predicted octanol–water partition coefficient (Wildman–Crippen LogP) is 2.45. The van der Waals surface area contributed by atoms with Crippen LogP contribution in [-0.4, -0.2) is 156 Å². The van der Waals surface area contributed by atoms with E-state index in [2.05, 4.69) is 47.2 Å². The number of nitrogens with one attached hydrogen (secondary N) is 2. The SMILES string of the molecule is CCO.CCOC(=O)[C@@H](C)N(C)C(=O)NC.CCOC(=O)[C@@H](C)NC.CCOC(=O)[C@H](C)Br.C[C@@H]1C(=O)N(C)C(=O)N1C.C[C@H](Br)C(=O)O. The van der Waals surface area contributed by atoms with E-state index in [-0.39, 0.29) is 53.4 Å². The molecule has 0 bridgehead atoms. The Morgan fingerprint density at radius 2 is 1.20 bits per heavy atom. The van der Waals surface area contributed by atoms with E-state index in [4.69, 9.17) is 19.7 Å². The Balaban J connectivity index is -0.000000164. The third kappa shape index (κ3) is 28.5. The van der Waals surface area contributed by atoms with Gasteiger partial charge in [-0.3, -0.25) is 24.1 Å². The van der Waals surface area contributed by atoms with Gasteiger partial charge < -0.3 is 44.9 Å². The van der Waals surface area contributed by atoms with E-state index in [1.807, 2.05) is 0 Å². The Hall–Kier alpha value is -3.03. The van der Waals surface area contributed by atoms with Crippen molar-refractivity contribution >= 4 is 73.7 Å². The zero-order valence-corrected chi connectivity index (χ0v) is 34.5. The first-order valence-corrected chi connectivity index (χ1v) is 17.2. The van der Waals surface area contributed by atoms with Gasteiger partial charge in [0.2, 0.25) is 0 Å². The van der Waals surface area contributed by atoms with Crippen molar-refractivity contribution in [2.75, 3.05) is 61.7 Å². The number of halogens is 2. The van der Waals surface area contributed by atoms with E-state index in [1.165, 1.54) is 23.9 Å². The Kier molecular flexibility index (Phi) is 37.8. The topological polar surface area (TPSA) is 221 Å². The molecule has 19 heteroatoms. The molecular formula is C30H59Br2N5O12. The molecule has 0 radical (unpaired) electrons. The van der Waals surface area contributed by atoms with Crippen molar-refractivity contribution in [2.24, 2.45) is 0 Å². The molecule has 1 rings (SSSR count). The Morgan fingerprint density at radius 3 is 1.41 bits per heavy atom. The van der Waals surface area contributed by atoms with Crippen LogP contribution in [0.2, 0.25) is 0 Å². The van der Waals surface area contributed by atoms with Gasteiger partial charge in [-0.1, -0.05) is 31.9 Å². The van der Waals surface area contributed by atoms with Crippen molar-refractivity contribution in [2.45, 2.75) is 90.1 Å². The molecule has 290 valence electrons. The molecule has 1 aliphatic heterocycles. The van der Waals surface area contributed by atoms with Crippen LogP contribution in [0.3, 0.4) is 0 Å². The summed E-state index contributed by atoms with van der Waals surface area (Å²) < 4.78 is 14.1. The number of ether oxygens (including phenoxy) is 3. The number of carboxylic acids is 1. The molecule has 0 aromatic heterocycles. The second kappa shape index (κ2) is 33.5. The predicted molar refractivity (Wildman–Crippen MR) is 193 cm³/mol. The van der Waals surface area contributed by atoms with E-state index in [1.54, 1.807) is 83.5 Å². The van der Waals surface area contributed by atoms with Crippen molar-refractivity contribution in [1.82, 2.24) is 25.3 Å². The minimum Gasteiger partial charge on any atom is -0.480 e. The maximum absolute atomic E-state index is 11.2. The van der Waals surface area contributed by atoms with Crippen molar-refractivity contribution in [3.63, 3.8) is 0 Å². The standard InChI is InChI=1S/C8H16N2O3.C6H10N2O2.C6H13NO2.C5H9BrO2.C3H5BrO2.C2H6O/c1-5-13-7(11)6(2)10(4)8(12)9-3;1-4-5(9)8(3)6(10)7(4)2;1-4-9-6(8)5(2)7-3;1-3-8-5(7)4(2)6;1-2(4)3(5)6;1-2-3/h6H,5H2,1-4H3,(H,9,12);4H,1-3H3;5,7H,4H2,1-3H3;4H,3H2,1-2H3;2H,1H3,(H,5,6);3H,2H2,1H3/t6-;4-;5-;4-;2-;/m11100./s1. The van der Waals surface area contributed by atoms with Gasteiger partial charge in [-0.2, -0.15) is 0 Å². The highest BCUT2D eigenvalue weighted by Crippen LogP contribution is 2.11. The first-order valence-electron chi connectivity index (χ1n) is 15.3. The number of hydrogen-bond acceptors (Lipinski definition) is 12. The summed E-state index contributed by atoms with van der Waals surface area (Å²) in [6.45, 7) is 16.8. The smallest absolute Gasteiger partial charge is 0.328 e. The largest absolute Gasteiger partial charge is 0.480 e. The molecule has 0 aliphatic carbocycles. The maximum atomic E-state index is 11.2. The average molecular weight is 842 g/mol. The summed E-state index contributed by atoms with van der Waals surface area (Å²) in [6, 6.07) is -1.57. The van der Waals surface area contributed by atoms with Gasteiger partial charge in [-0.25, -0.2) is 14.4 Å². The molecule has 1 aliphatic rings. The number of imide groups is 1. The number of aliphatic carboxylic acids is 1. The molecule has 49 heavy (non-hydrogen) atoms. The van der Waals surface area contributed by atoms with Crippen molar-refractivity contribution < 1.29 is 58.0 Å². The lowest BCUT2D eigenvalue weighted by Crippen LogP contribution is -2.45. The quantitative estimate of drug-likeness (QED) is 0.114. The number of urea groups is 2. The molecule has 0 saturated carbocycles. The second-order valence-corrected chi connectivity index (χ2v) is 12.2. The van der Waals surface area contributed by atoms with Crippen molar-refractivity contribution in [1.29, 1.82) is 0 Å². The van der Waals surface area contributed by atoms with Gasteiger partial charge in [0.05, 0.1) is 19.8 Å². The lowest BCUT2D eigenvalue weighted by Gasteiger charge is -2.22. The molecule has 1 saturated heterocycles. The second-order valence-electron chi connectivity index (χ2n) is 9.46. The Bertz CT molecular complexity index is 954. The number of esters is 3. The molecule has 1 heterocycles. The third-order valence-electron chi connectivity index (χ3n) is 5.63. The van der Waals surface area contributed by atoms with Crippen LogP contribution in [0.5, 0.6) is 0 Å². The number of carbonyl (C=O) groups excluding carboxylic acids is 6. The fourth-order valence-corrected chi connectivity index (χ4v) is 2.49. The van der Waals surface area contributed by atoms with E-state index < -0.39 is 22.8 Å². The molecule has 4 N–H and O–H groups in total. The molecule has 0 aromatic rings. The minimum atomic E-state index is -0.824. The molecular weight excluding hydrogens is 782 g/mol. The summed E-state index contributed by atoms with van der Waals surface area (Å²) in [5.74, 6) is -1.75. The number of aliphatic hydroxyl groups is 1. The molecule has 1 fully saturated rings. The summed E-state index contributed by atoms with van der Waals surface area (Å²) >= 11 is 5.91. The molecule has 17 nitrogen and oxygen atoms in total. The maximum Gasteiger partial charge on any atom is 0.328 e. The number of aliphatic hydroxyl groups excluding tert-OH is 1. The van der Waals surface area contributed by atoms with Crippen LogP contribution in [0.4, 0.5) is 9.59 Å². The van der Waals surface area contributed by atoms with Crippen LogP contribution in [0, 0.1) is 0 Å². The highest BCUT2D eigenvalue weighted by atomic mass is 79.9. The van der Waals surface area contributed by atoms with Gasteiger partial charge in [0.15, 0.2) is 0 Å². The highest BCUT2D eigenvalue weighted by Gasteiger charge is 2.37. The molecule has 5 atom stereocenters. The van der Waals surface area contributed by atoms with Gasteiger partial charge in [0, 0.05) is 34.8 Å². The van der Waals surface area contributed by atoms with E-state index in [9.17, 15) is 33.6 Å². The fraction of sp³-hybridized carbons (Fsp3) is 0.767. The summed E-state index contributed by atoms with van der Waals surface area (Å²) in [7, 11) is 7.89. The van der Waals surface area contributed by atoms with E-state index in [0.29, 0.717) is 19.8 Å². The lowest BCUT2D eigenvalue weighted by atomic mass is 10.3. The first-order chi connectivity index (χ1) is 22.5. The molecule has 0 unspecified atom stereocenters. The lowest BCUT2D eigenvalue weighted by molar-refractivity contribution is -0.147. The molecule has 0 aromatic carbocycles. The first kappa shape index (κ1) is 55.4. The Labute approximate surface area is 308 Å². The van der Waals surface area contributed by atoms with Gasteiger partial charge in [-0.15, -0.1) is 0 Å². The number of likely N-dealkylation sites (N-methyl/N-ethyl adjacent to an activating group) is 4. The number of carbonyl (C=O) groups is 7.